The van der Waals surface area contributed by atoms with Gasteiger partial charge in [0.1, 0.15) is 5.82 Å². The summed E-state index contributed by atoms with van der Waals surface area (Å²) in [6, 6.07) is 2.11. The molecular weight excluding hydrogens is 304 g/mol. The number of aryl methyl sites for hydroxylation is 1. The van der Waals surface area contributed by atoms with Gasteiger partial charge >= 0.3 is 0 Å². The van der Waals surface area contributed by atoms with E-state index in [0.29, 0.717) is 0 Å². The summed E-state index contributed by atoms with van der Waals surface area (Å²) in [6.07, 6.45) is 6.96. The molecular formula is C18H28N4O2. The Kier molecular flexibility index (Phi) is 4.59. The van der Waals surface area contributed by atoms with E-state index in [9.17, 15) is 0 Å². The molecule has 0 aliphatic carbocycles. The molecule has 0 saturated carbocycles. The van der Waals surface area contributed by atoms with Crippen LogP contribution in [0.1, 0.15) is 44.2 Å². The highest BCUT2D eigenvalue weighted by molar-refractivity contribution is 5.46. The molecule has 4 rings (SSSR count). The van der Waals surface area contributed by atoms with Crippen molar-refractivity contribution >= 4 is 11.8 Å². The van der Waals surface area contributed by atoms with Gasteiger partial charge in [0.05, 0.1) is 13.2 Å². The molecule has 4 heterocycles. The van der Waals surface area contributed by atoms with Gasteiger partial charge in [-0.05, 0) is 19.8 Å². The Balaban J connectivity index is 1.49. The van der Waals surface area contributed by atoms with Gasteiger partial charge in [0.15, 0.2) is 5.79 Å². The van der Waals surface area contributed by atoms with Crippen LogP contribution in [-0.4, -0.2) is 55.1 Å². The van der Waals surface area contributed by atoms with E-state index < -0.39 is 0 Å². The molecule has 3 aliphatic rings. The lowest BCUT2D eigenvalue weighted by atomic mass is 10.0. The molecule has 3 aliphatic heterocycles. The Hall–Kier alpha value is -1.40. The van der Waals surface area contributed by atoms with Crippen LogP contribution in [-0.2, 0) is 9.47 Å². The third-order valence-corrected chi connectivity index (χ3v) is 5.38. The van der Waals surface area contributed by atoms with Gasteiger partial charge in [-0.2, -0.15) is 4.98 Å². The molecule has 3 fully saturated rings. The van der Waals surface area contributed by atoms with Gasteiger partial charge in [-0.3, -0.25) is 0 Å². The Morgan fingerprint density at radius 1 is 0.875 bits per heavy atom. The number of aromatic nitrogens is 2. The van der Waals surface area contributed by atoms with Crippen molar-refractivity contribution in [3.63, 3.8) is 0 Å². The number of hydrogen-bond donors (Lipinski definition) is 0. The van der Waals surface area contributed by atoms with Crippen molar-refractivity contribution in [1.29, 1.82) is 0 Å². The molecule has 0 amide bonds. The summed E-state index contributed by atoms with van der Waals surface area (Å²) in [5.74, 6) is 1.63. The third-order valence-electron chi connectivity index (χ3n) is 5.38. The average Bonchev–Trinajstić information content (AvgIpc) is 2.87. The lowest BCUT2D eigenvalue weighted by molar-refractivity contribution is -0.169. The van der Waals surface area contributed by atoms with Crippen molar-refractivity contribution in [2.45, 2.75) is 51.2 Å². The third kappa shape index (κ3) is 3.35. The summed E-state index contributed by atoms with van der Waals surface area (Å²) in [7, 11) is 0. The molecule has 1 spiro atoms. The molecule has 0 unspecified atom stereocenters. The minimum Gasteiger partial charge on any atom is -0.356 e. The maximum atomic E-state index is 5.83. The first-order valence-electron chi connectivity index (χ1n) is 9.38. The largest absolute Gasteiger partial charge is 0.356 e. The molecule has 0 bridgehead atoms. The first-order chi connectivity index (χ1) is 11.7. The first kappa shape index (κ1) is 16.1. The van der Waals surface area contributed by atoms with Gasteiger partial charge in [0.2, 0.25) is 5.95 Å². The van der Waals surface area contributed by atoms with Gasteiger partial charge < -0.3 is 19.3 Å². The van der Waals surface area contributed by atoms with Crippen molar-refractivity contribution in [1.82, 2.24) is 9.97 Å². The summed E-state index contributed by atoms with van der Waals surface area (Å²) in [6.45, 7) is 7.53. The van der Waals surface area contributed by atoms with E-state index in [2.05, 4.69) is 22.8 Å². The van der Waals surface area contributed by atoms with Crippen LogP contribution in [0.3, 0.4) is 0 Å². The van der Waals surface area contributed by atoms with Crippen molar-refractivity contribution in [2.75, 3.05) is 49.2 Å². The maximum Gasteiger partial charge on any atom is 0.227 e. The fraction of sp³-hybridized carbons (Fsp3) is 0.778. The average molecular weight is 332 g/mol. The quantitative estimate of drug-likeness (QED) is 0.829. The second-order valence-corrected chi connectivity index (χ2v) is 7.16. The van der Waals surface area contributed by atoms with Crippen LogP contribution in [0.5, 0.6) is 0 Å². The fourth-order valence-corrected chi connectivity index (χ4v) is 3.97. The molecule has 6 heteroatoms. The zero-order valence-electron chi connectivity index (χ0n) is 14.7. The number of anilines is 2. The van der Waals surface area contributed by atoms with Crippen LogP contribution < -0.4 is 9.80 Å². The minimum absolute atomic E-state index is 0.327. The Bertz CT molecular complexity index is 556. The molecule has 1 aromatic rings. The van der Waals surface area contributed by atoms with E-state index in [1.165, 1.54) is 25.7 Å². The standard InChI is InChI=1S/C18H28N4O2/c1-15-14-16(20-17(19-15)22-8-4-2-3-5-9-22)21-10-6-18(7-11-21)23-12-13-24-18/h14H,2-13H2,1H3. The summed E-state index contributed by atoms with van der Waals surface area (Å²) >= 11 is 0. The minimum atomic E-state index is -0.327. The summed E-state index contributed by atoms with van der Waals surface area (Å²) in [4.78, 5) is 14.3. The molecule has 3 saturated heterocycles. The van der Waals surface area contributed by atoms with Crippen molar-refractivity contribution in [3.05, 3.63) is 11.8 Å². The lowest BCUT2D eigenvalue weighted by Gasteiger charge is -2.38. The second kappa shape index (κ2) is 6.84. The molecule has 6 nitrogen and oxygen atoms in total. The van der Waals surface area contributed by atoms with E-state index in [4.69, 9.17) is 19.4 Å². The second-order valence-electron chi connectivity index (χ2n) is 7.16. The molecule has 0 N–H and O–H groups in total. The van der Waals surface area contributed by atoms with Crippen LogP contribution in [0.2, 0.25) is 0 Å². The van der Waals surface area contributed by atoms with Crippen molar-refractivity contribution in [3.8, 4) is 0 Å². The summed E-state index contributed by atoms with van der Waals surface area (Å²) in [5, 5.41) is 0. The number of rotatable bonds is 2. The molecule has 0 aromatic carbocycles. The predicted molar refractivity (Wildman–Crippen MR) is 93.5 cm³/mol. The van der Waals surface area contributed by atoms with E-state index >= 15 is 0 Å². The molecule has 1 aromatic heterocycles. The summed E-state index contributed by atoms with van der Waals surface area (Å²) in [5.41, 5.74) is 1.05. The molecule has 132 valence electrons. The Morgan fingerprint density at radius 3 is 2.21 bits per heavy atom. The van der Waals surface area contributed by atoms with Crippen molar-refractivity contribution in [2.24, 2.45) is 0 Å². The SMILES string of the molecule is Cc1cc(N2CCC3(CC2)OCCO3)nc(N2CCCCCC2)n1. The van der Waals surface area contributed by atoms with Crippen LogP contribution >= 0.6 is 0 Å². The molecule has 24 heavy (non-hydrogen) atoms. The Morgan fingerprint density at radius 2 is 1.54 bits per heavy atom. The number of hydrogen-bond acceptors (Lipinski definition) is 6. The maximum absolute atomic E-state index is 5.83. The number of piperidine rings is 1. The number of nitrogens with zero attached hydrogens (tertiary/aromatic N) is 4. The smallest absolute Gasteiger partial charge is 0.227 e. The van der Waals surface area contributed by atoms with Crippen LogP contribution in [0.15, 0.2) is 6.07 Å². The highest BCUT2D eigenvalue weighted by Gasteiger charge is 2.40. The van der Waals surface area contributed by atoms with Gasteiger partial charge in [-0.25, -0.2) is 4.98 Å². The highest BCUT2D eigenvalue weighted by Crippen LogP contribution is 2.33. The number of ether oxygens (including phenoxy) is 2. The zero-order valence-corrected chi connectivity index (χ0v) is 14.7. The normalized spacial score (nSPS) is 24.4. The lowest BCUT2D eigenvalue weighted by Crippen LogP contribution is -2.45. The van der Waals surface area contributed by atoms with Gasteiger partial charge in [-0.15, -0.1) is 0 Å². The zero-order chi connectivity index (χ0) is 16.4. The van der Waals surface area contributed by atoms with E-state index in [0.717, 1.165) is 69.7 Å². The van der Waals surface area contributed by atoms with Crippen molar-refractivity contribution < 1.29 is 9.47 Å². The monoisotopic (exact) mass is 332 g/mol. The fourth-order valence-electron chi connectivity index (χ4n) is 3.97. The summed E-state index contributed by atoms with van der Waals surface area (Å²) < 4.78 is 11.7. The topological polar surface area (TPSA) is 50.7 Å². The van der Waals surface area contributed by atoms with Crippen LogP contribution in [0.4, 0.5) is 11.8 Å². The van der Waals surface area contributed by atoms with E-state index in [1.807, 2.05) is 0 Å². The van der Waals surface area contributed by atoms with Crippen LogP contribution in [0, 0.1) is 6.92 Å². The first-order valence-corrected chi connectivity index (χ1v) is 9.38. The van der Waals surface area contributed by atoms with E-state index in [-0.39, 0.29) is 5.79 Å². The molecule has 0 radical (unpaired) electrons. The molecule has 0 atom stereocenters. The van der Waals surface area contributed by atoms with Gasteiger partial charge in [-0.1, -0.05) is 12.8 Å². The van der Waals surface area contributed by atoms with Gasteiger partial charge in [0.25, 0.3) is 0 Å². The Labute approximate surface area is 144 Å². The van der Waals surface area contributed by atoms with E-state index in [1.54, 1.807) is 0 Å². The highest BCUT2D eigenvalue weighted by atomic mass is 16.7. The van der Waals surface area contributed by atoms with Gasteiger partial charge in [0, 0.05) is 50.8 Å². The van der Waals surface area contributed by atoms with Crippen LogP contribution in [0.25, 0.3) is 0 Å². The predicted octanol–water partition coefficient (Wildman–Crippen LogP) is 2.51.